The van der Waals surface area contributed by atoms with Gasteiger partial charge in [0.1, 0.15) is 0 Å². The number of ether oxygens (including phenoxy) is 1. The number of nitrogen functional groups attached to an aromatic ring is 1. The monoisotopic (exact) mass is 553 g/mol. The molecule has 1 saturated heterocycles. The average Bonchev–Trinajstić information content (AvgIpc) is 3.01. The minimum Gasteiger partial charge on any atom is -0.465 e. The number of benzene rings is 2. The Balaban J connectivity index is 1.26. The Morgan fingerprint density at radius 2 is 1.76 bits per heavy atom. The third kappa shape index (κ3) is 6.95. The maximum absolute atomic E-state index is 13.2. The van der Waals surface area contributed by atoms with Gasteiger partial charge in [0.2, 0.25) is 0 Å². The van der Waals surface area contributed by atoms with Crippen LogP contribution in [0.4, 0.5) is 22.0 Å². The Kier molecular flexibility index (Phi) is 8.65. The lowest BCUT2D eigenvalue weighted by Crippen LogP contribution is -2.36. The Morgan fingerprint density at radius 3 is 2.49 bits per heavy atom. The van der Waals surface area contributed by atoms with Gasteiger partial charge < -0.3 is 30.7 Å². The second kappa shape index (κ2) is 12.9. The maximum Gasteiger partial charge on any atom is 0.407 e. The largest absolute Gasteiger partial charge is 0.465 e. The van der Waals surface area contributed by atoms with Crippen molar-refractivity contribution in [1.82, 2.24) is 19.9 Å². The highest BCUT2D eigenvalue weighted by Crippen LogP contribution is 2.27. The van der Waals surface area contributed by atoms with E-state index < -0.39 is 12.0 Å². The number of morpholine rings is 1. The summed E-state index contributed by atoms with van der Waals surface area (Å²) in [6.07, 6.45) is 4.39. The van der Waals surface area contributed by atoms with Crippen LogP contribution < -0.4 is 16.0 Å². The summed E-state index contributed by atoms with van der Waals surface area (Å²) >= 11 is 0. The van der Waals surface area contributed by atoms with Crippen molar-refractivity contribution in [3.8, 4) is 11.3 Å². The lowest BCUT2D eigenvalue weighted by Gasteiger charge is -2.30. The zero-order valence-electron chi connectivity index (χ0n) is 22.4. The zero-order chi connectivity index (χ0) is 28.6. The number of nitrogens with zero attached hydrogens (tertiary/aromatic N) is 5. The summed E-state index contributed by atoms with van der Waals surface area (Å²) < 4.78 is 5.44. The van der Waals surface area contributed by atoms with Crippen LogP contribution >= 0.6 is 0 Å². The molecule has 4 N–H and O–H groups in total. The van der Waals surface area contributed by atoms with Crippen molar-refractivity contribution in [3.05, 3.63) is 96.1 Å². The Labute approximate surface area is 237 Å². The highest BCUT2D eigenvalue weighted by Gasteiger charge is 2.20. The average molecular weight is 554 g/mol. The van der Waals surface area contributed by atoms with E-state index in [0.717, 1.165) is 22.4 Å². The van der Waals surface area contributed by atoms with Crippen LogP contribution in [0.15, 0.2) is 79.3 Å². The summed E-state index contributed by atoms with van der Waals surface area (Å²) in [5.74, 6) is -0.463. The van der Waals surface area contributed by atoms with E-state index in [1.54, 1.807) is 12.4 Å². The van der Waals surface area contributed by atoms with Crippen LogP contribution in [-0.2, 0) is 17.7 Å². The fourth-order valence-electron chi connectivity index (χ4n) is 4.60. The second-order valence-electron chi connectivity index (χ2n) is 9.57. The molecule has 2 amide bonds. The summed E-state index contributed by atoms with van der Waals surface area (Å²) in [7, 11) is 0. The highest BCUT2D eigenvalue weighted by atomic mass is 16.5. The van der Waals surface area contributed by atoms with Gasteiger partial charge in [0.25, 0.3) is 5.91 Å². The molecule has 0 unspecified atom stereocenters. The molecule has 1 aliphatic rings. The smallest absolute Gasteiger partial charge is 0.407 e. The molecule has 0 radical (unpaired) electrons. The van der Waals surface area contributed by atoms with Gasteiger partial charge in [0.15, 0.2) is 11.5 Å². The first-order valence-electron chi connectivity index (χ1n) is 13.3. The van der Waals surface area contributed by atoms with Gasteiger partial charge in [0.05, 0.1) is 42.7 Å². The molecule has 5 rings (SSSR count). The molecule has 3 heterocycles. The third-order valence-electron chi connectivity index (χ3n) is 6.82. The normalized spacial score (nSPS) is 13.0. The topological polar surface area (TPSA) is 147 Å². The number of rotatable bonds is 9. The van der Waals surface area contributed by atoms with Gasteiger partial charge in [-0.2, -0.15) is 0 Å². The quantitative estimate of drug-likeness (QED) is 0.280. The molecule has 0 aliphatic carbocycles. The molecule has 0 saturated carbocycles. The van der Waals surface area contributed by atoms with Gasteiger partial charge in [-0.15, -0.1) is 0 Å². The van der Waals surface area contributed by atoms with Gasteiger partial charge in [-0.05, 0) is 23.6 Å². The molecule has 210 valence electrons. The van der Waals surface area contributed by atoms with Crippen molar-refractivity contribution in [2.24, 2.45) is 0 Å². The summed E-state index contributed by atoms with van der Waals surface area (Å²) in [6.45, 7) is 3.33. The summed E-state index contributed by atoms with van der Waals surface area (Å²) in [5, 5.41) is 12.5. The van der Waals surface area contributed by atoms with Gasteiger partial charge in [-0.25, -0.2) is 14.8 Å². The molecule has 2 aromatic heterocycles. The number of aromatic nitrogens is 3. The standard InChI is InChI=1S/C30H31N7O4/c31-28-27(29(38)35-25-18-32-12-10-26(25)36-14-16-41-17-15-36)34-24(19-33-28)23-8-6-21(7-9-23)11-13-37(30(39)40)20-22-4-2-1-3-5-22/h1-10,12,18-19H,11,13-17,20H2,(H2,31,33)(H,35,38)(H,39,40). The predicted octanol–water partition coefficient (Wildman–Crippen LogP) is 3.93. The molecular weight excluding hydrogens is 522 g/mol. The van der Waals surface area contributed by atoms with Crippen molar-refractivity contribution in [2.45, 2.75) is 13.0 Å². The molecule has 0 spiro atoms. The number of amides is 2. The van der Waals surface area contributed by atoms with Crippen LogP contribution in [0.2, 0.25) is 0 Å². The van der Waals surface area contributed by atoms with Crippen molar-refractivity contribution in [2.75, 3.05) is 48.8 Å². The minimum absolute atomic E-state index is 0.0152. The summed E-state index contributed by atoms with van der Waals surface area (Å²) in [4.78, 5) is 41.4. The number of carbonyl (C=O) groups excluding carboxylic acids is 1. The molecule has 11 nitrogen and oxygen atoms in total. The van der Waals surface area contributed by atoms with Crippen molar-refractivity contribution < 1.29 is 19.4 Å². The zero-order valence-corrected chi connectivity index (χ0v) is 22.4. The first-order valence-corrected chi connectivity index (χ1v) is 13.3. The van der Waals surface area contributed by atoms with Crippen LogP contribution in [-0.4, -0.2) is 69.8 Å². The van der Waals surface area contributed by atoms with Gasteiger partial charge in [0, 0.05) is 37.9 Å². The van der Waals surface area contributed by atoms with Crippen LogP contribution in [0, 0.1) is 0 Å². The van der Waals surface area contributed by atoms with E-state index in [2.05, 4.69) is 25.2 Å². The molecule has 11 heteroatoms. The third-order valence-corrected chi connectivity index (χ3v) is 6.82. The highest BCUT2D eigenvalue weighted by molar-refractivity contribution is 6.07. The van der Waals surface area contributed by atoms with Gasteiger partial charge in [-0.1, -0.05) is 54.6 Å². The molecule has 2 aromatic carbocycles. The molecule has 1 fully saturated rings. The predicted molar refractivity (Wildman–Crippen MR) is 156 cm³/mol. The van der Waals surface area contributed by atoms with Crippen LogP contribution in [0.25, 0.3) is 11.3 Å². The number of hydrogen-bond donors (Lipinski definition) is 3. The molecule has 1 aliphatic heterocycles. The lowest BCUT2D eigenvalue weighted by molar-refractivity contribution is 0.102. The molecule has 4 aromatic rings. The lowest BCUT2D eigenvalue weighted by atomic mass is 10.1. The van der Waals surface area contributed by atoms with Crippen LogP contribution in [0.5, 0.6) is 0 Å². The number of anilines is 3. The number of carboxylic acid groups (broad SMARTS) is 1. The van der Waals surface area contributed by atoms with Crippen LogP contribution in [0.3, 0.4) is 0 Å². The summed E-state index contributed by atoms with van der Waals surface area (Å²) in [6, 6.07) is 18.9. The fourth-order valence-corrected chi connectivity index (χ4v) is 4.60. The molecule has 0 atom stereocenters. The SMILES string of the molecule is Nc1ncc(-c2ccc(CCN(Cc3ccccc3)C(=O)O)cc2)nc1C(=O)Nc1cnccc1N1CCOCC1. The van der Waals surface area contributed by atoms with E-state index in [-0.39, 0.29) is 11.5 Å². The summed E-state index contributed by atoms with van der Waals surface area (Å²) in [5.41, 5.74) is 10.6. The van der Waals surface area contributed by atoms with E-state index in [4.69, 9.17) is 10.5 Å². The van der Waals surface area contributed by atoms with E-state index in [9.17, 15) is 14.7 Å². The number of carbonyl (C=O) groups is 2. The fraction of sp³-hybridized carbons (Fsp3) is 0.233. The number of pyridine rings is 1. The Hall–Kier alpha value is -5.03. The van der Waals surface area contributed by atoms with Crippen molar-refractivity contribution >= 4 is 29.2 Å². The second-order valence-corrected chi connectivity index (χ2v) is 9.57. The van der Waals surface area contributed by atoms with Gasteiger partial charge >= 0.3 is 6.09 Å². The Morgan fingerprint density at radius 1 is 1.00 bits per heavy atom. The number of nitrogens with one attached hydrogen (secondary N) is 1. The van der Waals surface area contributed by atoms with E-state index in [1.165, 1.54) is 11.1 Å². The van der Waals surface area contributed by atoms with Crippen LogP contribution in [0.1, 0.15) is 21.6 Å². The van der Waals surface area contributed by atoms with Crippen molar-refractivity contribution in [3.63, 3.8) is 0 Å². The first-order chi connectivity index (χ1) is 20.0. The molecule has 41 heavy (non-hydrogen) atoms. The molecular formula is C30H31N7O4. The maximum atomic E-state index is 13.2. The molecule has 0 bridgehead atoms. The number of nitrogens with two attached hydrogens (primary N) is 1. The van der Waals surface area contributed by atoms with Crippen molar-refractivity contribution in [1.29, 1.82) is 0 Å². The van der Waals surface area contributed by atoms with E-state index in [0.29, 0.717) is 57.2 Å². The first kappa shape index (κ1) is 27.5. The Bertz CT molecular complexity index is 1490. The van der Waals surface area contributed by atoms with Gasteiger partial charge in [-0.3, -0.25) is 9.78 Å². The number of hydrogen-bond acceptors (Lipinski definition) is 8. The van der Waals surface area contributed by atoms with E-state index in [1.807, 2.05) is 60.7 Å². The van der Waals surface area contributed by atoms with E-state index >= 15 is 0 Å². The minimum atomic E-state index is -0.961.